The predicted molar refractivity (Wildman–Crippen MR) is 75.7 cm³/mol. The first-order chi connectivity index (χ1) is 8.70. The molecule has 19 heavy (non-hydrogen) atoms. The molecule has 0 radical (unpaired) electrons. The monoisotopic (exact) mass is 292 g/mol. The van der Waals surface area contributed by atoms with E-state index < -0.39 is 0 Å². The van der Waals surface area contributed by atoms with Crippen molar-refractivity contribution in [1.82, 2.24) is 10.2 Å². The maximum absolute atomic E-state index is 12.4. The molecule has 0 spiro atoms. The van der Waals surface area contributed by atoms with Crippen LogP contribution in [0.1, 0.15) is 26.7 Å². The van der Waals surface area contributed by atoms with Gasteiger partial charge in [-0.2, -0.15) is 0 Å². The van der Waals surface area contributed by atoms with Crippen LogP contribution in [0.4, 0.5) is 0 Å². The van der Waals surface area contributed by atoms with Crippen LogP contribution < -0.4 is 5.32 Å². The lowest BCUT2D eigenvalue weighted by molar-refractivity contribution is -0.145. The first kappa shape index (κ1) is 16.7. The number of amides is 1. The van der Waals surface area contributed by atoms with E-state index in [2.05, 4.69) is 12.2 Å². The zero-order valence-electron chi connectivity index (χ0n) is 11.8. The first-order valence-electron chi connectivity index (χ1n) is 6.93. The number of hydrogen-bond acceptors (Lipinski definition) is 4. The summed E-state index contributed by atoms with van der Waals surface area (Å²) < 4.78 is 11.0. The fourth-order valence-electron chi connectivity index (χ4n) is 2.57. The van der Waals surface area contributed by atoms with Crippen molar-refractivity contribution >= 4 is 18.3 Å². The van der Waals surface area contributed by atoms with Crippen molar-refractivity contribution < 1.29 is 14.3 Å². The highest BCUT2D eigenvalue weighted by molar-refractivity contribution is 5.85. The van der Waals surface area contributed by atoms with Crippen molar-refractivity contribution in [3.05, 3.63) is 0 Å². The molecule has 2 saturated heterocycles. The Kier molecular flexibility index (Phi) is 7.07. The van der Waals surface area contributed by atoms with Crippen LogP contribution in [0.15, 0.2) is 0 Å². The Morgan fingerprint density at radius 3 is 2.84 bits per heavy atom. The highest BCUT2D eigenvalue weighted by Crippen LogP contribution is 2.16. The molecule has 2 aliphatic rings. The molecule has 112 valence electrons. The third kappa shape index (κ3) is 4.60. The highest BCUT2D eigenvalue weighted by atomic mass is 35.5. The van der Waals surface area contributed by atoms with E-state index in [4.69, 9.17) is 9.47 Å². The summed E-state index contributed by atoms with van der Waals surface area (Å²) in [5.41, 5.74) is 0. The quantitative estimate of drug-likeness (QED) is 0.836. The average molecular weight is 293 g/mol. The molecule has 1 N–H and O–H groups in total. The summed E-state index contributed by atoms with van der Waals surface area (Å²) >= 11 is 0. The van der Waals surface area contributed by atoms with Crippen LogP contribution in [-0.2, 0) is 14.3 Å². The Hall–Kier alpha value is -0.360. The Labute approximate surface area is 121 Å². The molecule has 2 heterocycles. The van der Waals surface area contributed by atoms with E-state index in [1.54, 1.807) is 0 Å². The van der Waals surface area contributed by atoms with Crippen LogP contribution in [0.3, 0.4) is 0 Å². The van der Waals surface area contributed by atoms with Crippen LogP contribution in [-0.4, -0.2) is 61.9 Å². The SMILES string of the molecule is CCC1COC(C)CN1C(=O)CC1COCCN1.Cl. The molecule has 5 nitrogen and oxygen atoms in total. The van der Waals surface area contributed by atoms with Crippen LogP contribution in [0.25, 0.3) is 0 Å². The summed E-state index contributed by atoms with van der Waals surface area (Å²) in [5.74, 6) is 0.222. The number of nitrogens with zero attached hydrogens (tertiary/aromatic N) is 1. The van der Waals surface area contributed by atoms with Gasteiger partial charge >= 0.3 is 0 Å². The minimum Gasteiger partial charge on any atom is -0.378 e. The summed E-state index contributed by atoms with van der Waals surface area (Å²) in [7, 11) is 0. The van der Waals surface area contributed by atoms with Crippen LogP contribution >= 0.6 is 12.4 Å². The molecular formula is C13H25ClN2O3. The zero-order chi connectivity index (χ0) is 13.0. The van der Waals surface area contributed by atoms with Gasteiger partial charge in [0.15, 0.2) is 0 Å². The summed E-state index contributed by atoms with van der Waals surface area (Å²) in [4.78, 5) is 14.3. The molecule has 2 aliphatic heterocycles. The lowest BCUT2D eigenvalue weighted by Gasteiger charge is -2.39. The first-order valence-corrected chi connectivity index (χ1v) is 6.93. The van der Waals surface area contributed by atoms with Crippen LogP contribution in [0.2, 0.25) is 0 Å². The summed E-state index contributed by atoms with van der Waals surface area (Å²) in [6.45, 7) is 7.73. The summed E-state index contributed by atoms with van der Waals surface area (Å²) in [5, 5.41) is 3.33. The standard InChI is InChI=1S/C13H24N2O3.ClH/c1-3-12-9-18-10(2)7-15(12)13(16)6-11-8-17-5-4-14-11;/h10-12,14H,3-9H2,1-2H3;1H. The van der Waals surface area contributed by atoms with Gasteiger partial charge in [0.2, 0.25) is 5.91 Å². The minimum absolute atomic E-state index is 0. The number of hydrogen-bond donors (Lipinski definition) is 1. The molecule has 3 atom stereocenters. The second-order valence-corrected chi connectivity index (χ2v) is 5.18. The fourth-order valence-corrected chi connectivity index (χ4v) is 2.57. The number of morpholine rings is 2. The normalized spacial score (nSPS) is 31.7. The lowest BCUT2D eigenvalue weighted by Crippen LogP contribution is -2.53. The Morgan fingerprint density at radius 2 is 2.21 bits per heavy atom. The largest absolute Gasteiger partial charge is 0.378 e. The zero-order valence-corrected chi connectivity index (χ0v) is 12.6. The predicted octanol–water partition coefficient (Wildman–Crippen LogP) is 0.813. The van der Waals surface area contributed by atoms with E-state index in [9.17, 15) is 4.79 Å². The number of rotatable bonds is 3. The summed E-state index contributed by atoms with van der Waals surface area (Å²) in [6, 6.07) is 0.403. The molecule has 6 heteroatoms. The van der Waals surface area contributed by atoms with E-state index >= 15 is 0 Å². The summed E-state index contributed by atoms with van der Waals surface area (Å²) in [6.07, 6.45) is 1.63. The van der Waals surface area contributed by atoms with E-state index in [1.165, 1.54) is 0 Å². The maximum Gasteiger partial charge on any atom is 0.224 e. The van der Waals surface area contributed by atoms with E-state index in [-0.39, 0.29) is 36.5 Å². The lowest BCUT2D eigenvalue weighted by atomic mass is 10.1. The Bertz CT molecular complexity index is 285. The average Bonchev–Trinajstić information content (AvgIpc) is 2.40. The molecule has 2 fully saturated rings. The molecule has 0 saturated carbocycles. The van der Waals surface area contributed by atoms with Crippen molar-refractivity contribution in [2.24, 2.45) is 0 Å². The Balaban J connectivity index is 0.00000180. The molecule has 2 rings (SSSR count). The molecule has 0 aromatic carbocycles. The molecule has 0 aliphatic carbocycles. The van der Waals surface area contributed by atoms with E-state index in [0.29, 0.717) is 26.2 Å². The topological polar surface area (TPSA) is 50.8 Å². The van der Waals surface area contributed by atoms with Crippen molar-refractivity contribution in [2.75, 3.05) is 32.9 Å². The number of carbonyl (C=O) groups is 1. The van der Waals surface area contributed by atoms with Gasteiger partial charge in [-0.15, -0.1) is 12.4 Å². The molecule has 0 aromatic rings. The van der Waals surface area contributed by atoms with Gasteiger partial charge in [-0.3, -0.25) is 4.79 Å². The smallest absolute Gasteiger partial charge is 0.224 e. The molecule has 1 amide bonds. The molecular weight excluding hydrogens is 268 g/mol. The fraction of sp³-hybridized carbons (Fsp3) is 0.923. The number of halogens is 1. The van der Waals surface area contributed by atoms with Crippen LogP contribution in [0.5, 0.6) is 0 Å². The third-order valence-electron chi connectivity index (χ3n) is 3.68. The van der Waals surface area contributed by atoms with Gasteiger partial charge in [0, 0.05) is 25.6 Å². The van der Waals surface area contributed by atoms with Crippen LogP contribution in [0, 0.1) is 0 Å². The maximum atomic E-state index is 12.4. The van der Waals surface area contributed by atoms with Crippen molar-refractivity contribution in [2.45, 2.75) is 44.9 Å². The van der Waals surface area contributed by atoms with Gasteiger partial charge in [-0.1, -0.05) is 6.92 Å². The minimum atomic E-state index is 0. The van der Waals surface area contributed by atoms with Gasteiger partial charge in [-0.05, 0) is 13.3 Å². The Morgan fingerprint density at radius 1 is 1.42 bits per heavy atom. The number of carbonyl (C=O) groups excluding carboxylic acids is 1. The second-order valence-electron chi connectivity index (χ2n) is 5.18. The van der Waals surface area contributed by atoms with Gasteiger partial charge < -0.3 is 19.7 Å². The second kappa shape index (κ2) is 8.04. The van der Waals surface area contributed by atoms with Gasteiger partial charge in [0.05, 0.1) is 32.0 Å². The van der Waals surface area contributed by atoms with E-state index in [0.717, 1.165) is 19.6 Å². The highest BCUT2D eigenvalue weighted by Gasteiger charge is 2.30. The van der Waals surface area contributed by atoms with Crippen molar-refractivity contribution in [1.29, 1.82) is 0 Å². The van der Waals surface area contributed by atoms with Gasteiger partial charge in [0.25, 0.3) is 0 Å². The molecule has 0 bridgehead atoms. The number of ether oxygens (including phenoxy) is 2. The molecule has 0 aromatic heterocycles. The molecule has 3 unspecified atom stereocenters. The van der Waals surface area contributed by atoms with Gasteiger partial charge in [0.1, 0.15) is 0 Å². The van der Waals surface area contributed by atoms with Crippen molar-refractivity contribution in [3.63, 3.8) is 0 Å². The number of nitrogens with one attached hydrogen (secondary N) is 1. The van der Waals surface area contributed by atoms with Crippen molar-refractivity contribution in [3.8, 4) is 0 Å². The van der Waals surface area contributed by atoms with E-state index in [1.807, 2.05) is 11.8 Å². The third-order valence-corrected chi connectivity index (χ3v) is 3.68. The van der Waals surface area contributed by atoms with Gasteiger partial charge in [-0.25, -0.2) is 0 Å².